The third-order valence-corrected chi connectivity index (χ3v) is 6.67. The number of carbonyl (C=O) groups excluding carboxylic acids is 1. The van der Waals surface area contributed by atoms with Crippen molar-refractivity contribution in [3.8, 4) is 6.07 Å². The van der Waals surface area contributed by atoms with E-state index in [0.29, 0.717) is 11.1 Å². The lowest BCUT2D eigenvalue weighted by Gasteiger charge is -2.42. The summed E-state index contributed by atoms with van der Waals surface area (Å²) in [5.41, 5.74) is 2.61. The van der Waals surface area contributed by atoms with Crippen LogP contribution in [0.2, 0.25) is 0 Å². The first-order chi connectivity index (χ1) is 14.9. The Kier molecular flexibility index (Phi) is 5.79. The Bertz CT molecular complexity index is 1120. The van der Waals surface area contributed by atoms with Gasteiger partial charge in [0.15, 0.2) is 0 Å². The Morgan fingerprint density at radius 1 is 1.19 bits per heavy atom. The number of halogens is 1. The number of hydrogen-bond donors (Lipinski definition) is 2. The first kappa shape index (κ1) is 21.1. The van der Waals surface area contributed by atoms with Crippen LogP contribution in [0, 0.1) is 23.1 Å². The van der Waals surface area contributed by atoms with E-state index in [1.807, 2.05) is 19.9 Å². The third kappa shape index (κ3) is 3.94. The Balaban J connectivity index is 1.62. The molecule has 1 aliphatic heterocycles. The van der Waals surface area contributed by atoms with Crippen molar-refractivity contribution in [1.82, 2.24) is 10.6 Å². The zero-order valence-electron chi connectivity index (χ0n) is 17.7. The van der Waals surface area contributed by atoms with Crippen LogP contribution in [-0.4, -0.2) is 19.0 Å². The summed E-state index contributed by atoms with van der Waals surface area (Å²) in [4.78, 5) is 13.4. The zero-order valence-corrected chi connectivity index (χ0v) is 17.7. The lowest BCUT2D eigenvalue weighted by atomic mass is 9.65. The maximum atomic E-state index is 13.5. The molecule has 0 aliphatic carbocycles. The molecule has 2 N–H and O–H groups in total. The standard InChI is InChI=1S/C25H26FN3O2/c1-16(25(8-10-28-11-9-25)20-3-5-21(26)6-4-20)24(30)29-17(2)22-14-18(15-27)13-19-7-12-31-23(19)22/h3-7,12-14,16-17,28H,8-11H2,1-2H3,(H,29,30). The summed E-state index contributed by atoms with van der Waals surface area (Å²) in [6.07, 6.45) is 3.19. The van der Waals surface area contributed by atoms with Crippen LogP contribution >= 0.6 is 0 Å². The maximum Gasteiger partial charge on any atom is 0.224 e. The lowest BCUT2D eigenvalue weighted by molar-refractivity contribution is -0.127. The normalized spacial score (nSPS) is 17.6. The fourth-order valence-electron chi connectivity index (χ4n) is 4.79. The molecule has 0 saturated carbocycles. The Morgan fingerprint density at radius 3 is 2.58 bits per heavy atom. The summed E-state index contributed by atoms with van der Waals surface area (Å²) < 4.78 is 19.2. The van der Waals surface area contributed by atoms with E-state index in [9.17, 15) is 14.4 Å². The molecule has 160 valence electrons. The van der Waals surface area contributed by atoms with Crippen LogP contribution in [0.25, 0.3) is 11.0 Å². The second-order valence-electron chi connectivity index (χ2n) is 8.38. The number of nitrogens with zero attached hydrogens (tertiary/aromatic N) is 1. The number of benzene rings is 2. The summed E-state index contributed by atoms with van der Waals surface area (Å²) in [6, 6.07) is 13.7. The number of rotatable bonds is 5. The molecule has 1 aromatic heterocycles. The van der Waals surface area contributed by atoms with Gasteiger partial charge in [-0.3, -0.25) is 4.79 Å². The van der Waals surface area contributed by atoms with Crippen molar-refractivity contribution in [2.45, 2.75) is 38.1 Å². The highest BCUT2D eigenvalue weighted by atomic mass is 19.1. The minimum Gasteiger partial charge on any atom is -0.464 e. The molecule has 1 amide bonds. The smallest absolute Gasteiger partial charge is 0.224 e. The average Bonchev–Trinajstić information content (AvgIpc) is 3.27. The van der Waals surface area contributed by atoms with Gasteiger partial charge >= 0.3 is 0 Å². The molecule has 2 heterocycles. The number of carbonyl (C=O) groups is 1. The molecule has 1 saturated heterocycles. The van der Waals surface area contributed by atoms with Gasteiger partial charge in [-0.25, -0.2) is 4.39 Å². The highest BCUT2D eigenvalue weighted by Crippen LogP contribution is 2.41. The van der Waals surface area contributed by atoms with Crippen LogP contribution in [0.15, 0.2) is 53.1 Å². The predicted molar refractivity (Wildman–Crippen MR) is 117 cm³/mol. The van der Waals surface area contributed by atoms with Crippen molar-refractivity contribution < 1.29 is 13.6 Å². The minimum atomic E-state index is -0.364. The molecule has 0 spiro atoms. The van der Waals surface area contributed by atoms with Gasteiger partial charge in [0.2, 0.25) is 5.91 Å². The summed E-state index contributed by atoms with van der Waals surface area (Å²) in [7, 11) is 0. The molecule has 5 nitrogen and oxygen atoms in total. The van der Waals surface area contributed by atoms with Gasteiger partial charge in [-0.05, 0) is 68.8 Å². The van der Waals surface area contributed by atoms with Gasteiger partial charge in [0.1, 0.15) is 11.4 Å². The number of piperidine rings is 1. The summed E-state index contributed by atoms with van der Waals surface area (Å²) in [6.45, 7) is 5.46. The topological polar surface area (TPSA) is 78.1 Å². The Labute approximate surface area is 181 Å². The molecule has 1 aliphatic rings. The molecular weight excluding hydrogens is 393 g/mol. The molecule has 3 aromatic rings. The molecule has 1 fully saturated rings. The largest absolute Gasteiger partial charge is 0.464 e. The second kappa shape index (κ2) is 8.52. The third-order valence-electron chi connectivity index (χ3n) is 6.67. The van der Waals surface area contributed by atoms with Crippen molar-refractivity contribution in [3.63, 3.8) is 0 Å². The van der Waals surface area contributed by atoms with Crippen LogP contribution in [-0.2, 0) is 10.2 Å². The van der Waals surface area contributed by atoms with Crippen LogP contribution in [0.3, 0.4) is 0 Å². The van der Waals surface area contributed by atoms with Gasteiger partial charge in [-0.15, -0.1) is 0 Å². The number of amides is 1. The number of hydrogen-bond acceptors (Lipinski definition) is 4. The summed E-state index contributed by atoms with van der Waals surface area (Å²) >= 11 is 0. The minimum absolute atomic E-state index is 0.0687. The quantitative estimate of drug-likeness (QED) is 0.635. The van der Waals surface area contributed by atoms with Crippen LogP contribution in [0.4, 0.5) is 4.39 Å². The Hall–Kier alpha value is -3.17. The monoisotopic (exact) mass is 419 g/mol. The first-order valence-corrected chi connectivity index (χ1v) is 10.6. The number of nitrogens with one attached hydrogen (secondary N) is 2. The van der Waals surface area contributed by atoms with Gasteiger partial charge in [-0.1, -0.05) is 19.1 Å². The summed E-state index contributed by atoms with van der Waals surface area (Å²) in [5, 5.41) is 16.7. The molecule has 0 radical (unpaired) electrons. The highest BCUT2D eigenvalue weighted by molar-refractivity contribution is 5.85. The molecule has 31 heavy (non-hydrogen) atoms. The molecule has 0 bridgehead atoms. The van der Waals surface area contributed by atoms with Gasteiger partial charge in [-0.2, -0.15) is 5.26 Å². The van der Waals surface area contributed by atoms with Gasteiger partial charge in [0.05, 0.1) is 23.9 Å². The fourth-order valence-corrected chi connectivity index (χ4v) is 4.79. The van der Waals surface area contributed by atoms with Gasteiger partial charge in [0, 0.05) is 22.3 Å². The fraction of sp³-hybridized carbons (Fsp3) is 0.360. The van der Waals surface area contributed by atoms with Gasteiger partial charge < -0.3 is 15.1 Å². The van der Waals surface area contributed by atoms with Crippen molar-refractivity contribution in [1.29, 1.82) is 5.26 Å². The van der Waals surface area contributed by atoms with Crippen LogP contribution in [0.5, 0.6) is 0 Å². The second-order valence-corrected chi connectivity index (χ2v) is 8.38. The van der Waals surface area contributed by atoms with Crippen molar-refractivity contribution in [3.05, 3.63) is 71.2 Å². The molecule has 2 atom stereocenters. The van der Waals surface area contributed by atoms with E-state index >= 15 is 0 Å². The van der Waals surface area contributed by atoms with Crippen molar-refractivity contribution >= 4 is 16.9 Å². The Morgan fingerprint density at radius 2 is 1.90 bits per heavy atom. The van der Waals surface area contributed by atoms with Crippen LogP contribution in [0.1, 0.15) is 49.4 Å². The van der Waals surface area contributed by atoms with Gasteiger partial charge in [0.25, 0.3) is 0 Å². The molecule has 4 rings (SSSR count). The van der Waals surface area contributed by atoms with Crippen molar-refractivity contribution in [2.24, 2.45) is 5.92 Å². The zero-order chi connectivity index (χ0) is 22.0. The van der Waals surface area contributed by atoms with Crippen molar-refractivity contribution in [2.75, 3.05) is 13.1 Å². The molecule has 2 unspecified atom stereocenters. The molecule has 2 aromatic carbocycles. The molecule has 6 heteroatoms. The number of fused-ring (bicyclic) bond motifs is 1. The summed E-state index contributed by atoms with van der Waals surface area (Å²) in [5.74, 6) is -0.659. The van der Waals surface area contributed by atoms with E-state index in [4.69, 9.17) is 4.42 Å². The van der Waals surface area contributed by atoms with E-state index in [1.165, 1.54) is 12.1 Å². The van der Waals surface area contributed by atoms with Crippen LogP contribution < -0.4 is 10.6 Å². The van der Waals surface area contributed by atoms with E-state index in [-0.39, 0.29) is 29.1 Å². The highest BCUT2D eigenvalue weighted by Gasteiger charge is 2.42. The predicted octanol–water partition coefficient (Wildman–Crippen LogP) is 4.58. The van der Waals surface area contributed by atoms with E-state index < -0.39 is 0 Å². The van der Waals surface area contributed by atoms with E-state index in [1.54, 1.807) is 30.5 Å². The number of furan rings is 1. The average molecular weight is 420 g/mol. The first-order valence-electron chi connectivity index (χ1n) is 10.6. The number of nitriles is 1. The van der Waals surface area contributed by atoms with E-state index in [0.717, 1.165) is 42.4 Å². The maximum absolute atomic E-state index is 13.5. The SMILES string of the molecule is CC(NC(=O)C(C)C1(c2ccc(F)cc2)CCNCC1)c1cc(C#N)cc2ccoc12. The molecular formula is C25H26FN3O2. The van der Waals surface area contributed by atoms with E-state index in [2.05, 4.69) is 16.7 Å². The lowest BCUT2D eigenvalue weighted by Crippen LogP contribution is -2.49.